The lowest BCUT2D eigenvalue weighted by atomic mass is 10.3. The van der Waals surface area contributed by atoms with Gasteiger partial charge in [-0.25, -0.2) is 9.37 Å². The molecule has 6 nitrogen and oxygen atoms in total. The molecular formula is C11H18FN5O. The molecule has 7 heteroatoms. The summed E-state index contributed by atoms with van der Waals surface area (Å²) < 4.78 is 13.7. The van der Waals surface area contributed by atoms with Gasteiger partial charge in [-0.05, 0) is 20.8 Å². The summed E-state index contributed by atoms with van der Waals surface area (Å²) in [5, 5.41) is 2.89. The Bertz CT molecular complexity index is 424. The van der Waals surface area contributed by atoms with Crippen LogP contribution in [0.15, 0.2) is 6.20 Å². The van der Waals surface area contributed by atoms with Crippen LogP contribution in [0.3, 0.4) is 0 Å². The molecule has 18 heavy (non-hydrogen) atoms. The van der Waals surface area contributed by atoms with Gasteiger partial charge in [0.15, 0.2) is 11.6 Å². The second-order valence-corrected chi connectivity index (χ2v) is 4.08. The zero-order valence-corrected chi connectivity index (χ0v) is 10.8. The third-order valence-corrected chi connectivity index (χ3v) is 2.28. The van der Waals surface area contributed by atoms with Gasteiger partial charge in [-0.3, -0.25) is 4.79 Å². The van der Waals surface area contributed by atoms with Crippen molar-refractivity contribution in [2.24, 2.45) is 5.73 Å². The number of aromatic nitrogens is 2. The van der Waals surface area contributed by atoms with Crippen LogP contribution in [0.5, 0.6) is 0 Å². The zero-order chi connectivity index (χ0) is 13.7. The molecule has 0 aromatic carbocycles. The molecular weight excluding hydrogens is 237 g/mol. The molecule has 0 aliphatic rings. The lowest BCUT2D eigenvalue weighted by Crippen LogP contribution is -2.39. The maximum Gasteiger partial charge on any atom is 0.237 e. The standard InChI is InChI=1S/C11H18FN5O/c1-4-14-11-15-5-8(12)10(16-11)17(7(2)3)6-9(13)18/h5,7H,4,6H2,1-3H3,(H2,13,18)(H,14,15,16). The third-order valence-electron chi connectivity index (χ3n) is 2.28. The Morgan fingerprint density at radius 3 is 2.78 bits per heavy atom. The number of rotatable bonds is 6. The van der Waals surface area contributed by atoms with Gasteiger partial charge in [0, 0.05) is 12.6 Å². The minimum Gasteiger partial charge on any atom is -0.368 e. The topological polar surface area (TPSA) is 84.1 Å². The molecule has 100 valence electrons. The number of carbonyl (C=O) groups is 1. The largest absolute Gasteiger partial charge is 0.368 e. The molecule has 0 atom stereocenters. The van der Waals surface area contributed by atoms with E-state index in [2.05, 4.69) is 15.3 Å². The summed E-state index contributed by atoms with van der Waals surface area (Å²) in [6, 6.07) is -0.101. The maximum atomic E-state index is 13.7. The second-order valence-electron chi connectivity index (χ2n) is 4.08. The summed E-state index contributed by atoms with van der Waals surface area (Å²) in [4.78, 5) is 20.4. The van der Waals surface area contributed by atoms with E-state index in [0.29, 0.717) is 12.5 Å². The summed E-state index contributed by atoms with van der Waals surface area (Å²) in [6.07, 6.45) is 1.08. The quantitative estimate of drug-likeness (QED) is 0.783. The molecule has 0 spiro atoms. The van der Waals surface area contributed by atoms with Crippen molar-refractivity contribution < 1.29 is 9.18 Å². The highest BCUT2D eigenvalue weighted by molar-refractivity contribution is 5.79. The Balaban J connectivity index is 3.09. The highest BCUT2D eigenvalue weighted by atomic mass is 19.1. The van der Waals surface area contributed by atoms with Crippen LogP contribution in [0.2, 0.25) is 0 Å². The monoisotopic (exact) mass is 255 g/mol. The van der Waals surface area contributed by atoms with E-state index < -0.39 is 11.7 Å². The molecule has 0 aliphatic carbocycles. The average molecular weight is 255 g/mol. The Labute approximate surface area is 105 Å². The van der Waals surface area contributed by atoms with E-state index in [4.69, 9.17) is 5.73 Å². The fourth-order valence-corrected chi connectivity index (χ4v) is 1.47. The van der Waals surface area contributed by atoms with Crippen LogP contribution < -0.4 is 16.0 Å². The molecule has 1 rings (SSSR count). The highest BCUT2D eigenvalue weighted by Crippen LogP contribution is 2.19. The van der Waals surface area contributed by atoms with Gasteiger partial charge in [-0.2, -0.15) is 4.98 Å². The van der Waals surface area contributed by atoms with Crippen LogP contribution in [0, 0.1) is 5.82 Å². The maximum absolute atomic E-state index is 13.7. The molecule has 0 radical (unpaired) electrons. The summed E-state index contributed by atoms with van der Waals surface area (Å²) >= 11 is 0. The fourth-order valence-electron chi connectivity index (χ4n) is 1.47. The van der Waals surface area contributed by atoms with Crippen molar-refractivity contribution in [2.45, 2.75) is 26.8 Å². The fraction of sp³-hybridized carbons (Fsp3) is 0.545. The minimum absolute atomic E-state index is 0.0785. The molecule has 0 fully saturated rings. The number of amides is 1. The number of nitrogens with one attached hydrogen (secondary N) is 1. The predicted molar refractivity (Wildman–Crippen MR) is 67.8 cm³/mol. The first-order chi connectivity index (χ1) is 8.45. The number of anilines is 2. The normalized spacial score (nSPS) is 10.5. The number of halogens is 1. The van der Waals surface area contributed by atoms with Gasteiger partial charge in [0.2, 0.25) is 11.9 Å². The van der Waals surface area contributed by atoms with E-state index in [9.17, 15) is 9.18 Å². The minimum atomic E-state index is -0.577. The number of hydrogen-bond donors (Lipinski definition) is 2. The molecule has 0 saturated carbocycles. The summed E-state index contributed by atoms with van der Waals surface area (Å²) in [5.74, 6) is -0.711. The number of carbonyl (C=O) groups excluding carboxylic acids is 1. The predicted octanol–water partition coefficient (Wildman–Crippen LogP) is 0.748. The molecule has 1 aromatic rings. The first-order valence-electron chi connectivity index (χ1n) is 5.77. The van der Waals surface area contributed by atoms with Gasteiger partial charge >= 0.3 is 0 Å². The van der Waals surface area contributed by atoms with Gasteiger partial charge in [-0.15, -0.1) is 0 Å². The van der Waals surface area contributed by atoms with Crippen LogP contribution in [0.1, 0.15) is 20.8 Å². The molecule has 1 amide bonds. The Morgan fingerprint density at radius 2 is 2.28 bits per heavy atom. The SMILES string of the molecule is CCNc1ncc(F)c(N(CC(N)=O)C(C)C)n1. The number of nitrogens with two attached hydrogens (primary N) is 1. The first-order valence-corrected chi connectivity index (χ1v) is 5.77. The van der Waals surface area contributed by atoms with Crippen molar-refractivity contribution in [3.8, 4) is 0 Å². The molecule has 3 N–H and O–H groups in total. The lowest BCUT2D eigenvalue weighted by Gasteiger charge is -2.26. The Morgan fingerprint density at radius 1 is 1.61 bits per heavy atom. The van der Waals surface area contributed by atoms with E-state index >= 15 is 0 Å². The van der Waals surface area contributed by atoms with Gasteiger partial charge in [0.25, 0.3) is 0 Å². The summed E-state index contributed by atoms with van der Waals surface area (Å²) in [7, 11) is 0. The highest BCUT2D eigenvalue weighted by Gasteiger charge is 2.19. The van der Waals surface area contributed by atoms with Gasteiger partial charge in [-0.1, -0.05) is 0 Å². The van der Waals surface area contributed by atoms with E-state index in [1.54, 1.807) is 0 Å². The van der Waals surface area contributed by atoms with Gasteiger partial charge in [0.1, 0.15) is 0 Å². The number of hydrogen-bond acceptors (Lipinski definition) is 5. The molecule has 0 saturated heterocycles. The zero-order valence-electron chi connectivity index (χ0n) is 10.8. The average Bonchev–Trinajstić information content (AvgIpc) is 2.28. The van der Waals surface area contributed by atoms with E-state index in [1.165, 1.54) is 4.90 Å². The van der Waals surface area contributed by atoms with Crippen LogP contribution >= 0.6 is 0 Å². The Kier molecular flexibility index (Phi) is 4.82. The first kappa shape index (κ1) is 14.1. The number of nitrogens with zero attached hydrogens (tertiary/aromatic N) is 3. The van der Waals surface area contributed by atoms with Crippen LogP contribution in [0.4, 0.5) is 16.2 Å². The van der Waals surface area contributed by atoms with Crippen molar-refractivity contribution in [3.05, 3.63) is 12.0 Å². The molecule has 0 unspecified atom stereocenters. The van der Waals surface area contributed by atoms with Crippen molar-refractivity contribution in [1.29, 1.82) is 0 Å². The molecule has 1 aromatic heterocycles. The van der Waals surface area contributed by atoms with E-state index in [0.717, 1.165) is 6.20 Å². The summed E-state index contributed by atoms with van der Waals surface area (Å²) in [6.45, 7) is 6.09. The third kappa shape index (κ3) is 3.54. The molecule has 1 heterocycles. The van der Waals surface area contributed by atoms with Crippen LogP contribution in [-0.4, -0.2) is 35.0 Å². The van der Waals surface area contributed by atoms with Crippen molar-refractivity contribution >= 4 is 17.7 Å². The van der Waals surface area contributed by atoms with E-state index in [-0.39, 0.29) is 18.4 Å². The van der Waals surface area contributed by atoms with E-state index in [1.807, 2.05) is 20.8 Å². The molecule has 0 bridgehead atoms. The lowest BCUT2D eigenvalue weighted by molar-refractivity contribution is -0.116. The van der Waals surface area contributed by atoms with Crippen molar-refractivity contribution in [2.75, 3.05) is 23.3 Å². The smallest absolute Gasteiger partial charge is 0.237 e. The van der Waals surface area contributed by atoms with Gasteiger partial charge in [0.05, 0.1) is 12.7 Å². The molecule has 0 aliphatic heterocycles. The number of primary amides is 1. The van der Waals surface area contributed by atoms with Crippen LogP contribution in [0.25, 0.3) is 0 Å². The van der Waals surface area contributed by atoms with Crippen LogP contribution in [-0.2, 0) is 4.79 Å². The summed E-state index contributed by atoms with van der Waals surface area (Å²) in [5.41, 5.74) is 5.15. The van der Waals surface area contributed by atoms with Crippen molar-refractivity contribution in [1.82, 2.24) is 9.97 Å². The Hall–Kier alpha value is -1.92. The second kappa shape index (κ2) is 6.13. The van der Waals surface area contributed by atoms with Gasteiger partial charge < -0.3 is 16.0 Å². The van der Waals surface area contributed by atoms with Crippen molar-refractivity contribution in [3.63, 3.8) is 0 Å².